The lowest BCUT2D eigenvalue weighted by Gasteiger charge is -2.02. The second-order valence-electron chi connectivity index (χ2n) is 3.64. The van der Waals surface area contributed by atoms with Gasteiger partial charge >= 0.3 is 0 Å². The zero-order chi connectivity index (χ0) is 12.2. The number of nitrogens with zero attached hydrogens (tertiary/aromatic N) is 3. The predicted octanol–water partition coefficient (Wildman–Crippen LogP) is 2.61. The van der Waals surface area contributed by atoms with Gasteiger partial charge in [-0.1, -0.05) is 12.1 Å². The fraction of sp³-hybridized carbons (Fsp3) is 0. The van der Waals surface area contributed by atoms with Gasteiger partial charge in [-0.3, -0.25) is 0 Å². The molecule has 0 amide bonds. The first kappa shape index (κ1) is 10.6. The highest BCUT2D eigenvalue weighted by atomic mass is 14.8. The van der Waals surface area contributed by atoms with Crippen LogP contribution < -0.4 is 0 Å². The third kappa shape index (κ3) is 2.11. The molecule has 0 unspecified atom stereocenters. The number of hydrogen-bond acceptors (Lipinski definition) is 3. The van der Waals surface area contributed by atoms with Crippen LogP contribution in [0.2, 0.25) is 0 Å². The van der Waals surface area contributed by atoms with E-state index < -0.39 is 0 Å². The van der Waals surface area contributed by atoms with Crippen LogP contribution in [0.15, 0.2) is 48.5 Å². The zero-order valence-corrected chi connectivity index (χ0v) is 9.46. The summed E-state index contributed by atoms with van der Waals surface area (Å²) < 4.78 is 0. The Kier molecular flexibility index (Phi) is 2.80. The molecule has 3 aromatic heterocycles. The van der Waals surface area contributed by atoms with Gasteiger partial charge in [-0.2, -0.15) is 0 Å². The van der Waals surface area contributed by atoms with Crippen molar-refractivity contribution in [2.45, 2.75) is 0 Å². The molecule has 0 aliphatic rings. The Hall–Kier alpha value is -2.55. The first-order valence-corrected chi connectivity index (χ1v) is 5.48. The van der Waals surface area contributed by atoms with Gasteiger partial charge in [-0.15, -0.1) is 0 Å². The molecule has 0 saturated heterocycles. The Morgan fingerprint density at radius 1 is 0.722 bits per heavy atom. The highest BCUT2D eigenvalue weighted by molar-refractivity contribution is 5.60. The smallest absolute Gasteiger partial charge is 0.0900 e. The van der Waals surface area contributed by atoms with Crippen molar-refractivity contribution in [1.82, 2.24) is 15.0 Å². The van der Waals surface area contributed by atoms with E-state index in [1.54, 1.807) is 24.3 Å². The molecule has 0 aromatic carbocycles. The predicted molar refractivity (Wildman–Crippen MR) is 67.2 cm³/mol. The molecule has 0 fully saturated rings. The van der Waals surface area contributed by atoms with Crippen molar-refractivity contribution in [2.75, 3.05) is 0 Å². The Balaban J connectivity index is 2.05. The van der Waals surface area contributed by atoms with Gasteiger partial charge in [0.25, 0.3) is 0 Å². The van der Waals surface area contributed by atoms with Gasteiger partial charge in [0.15, 0.2) is 0 Å². The summed E-state index contributed by atoms with van der Waals surface area (Å²) in [6, 6.07) is 17.7. The van der Waals surface area contributed by atoms with Crippen molar-refractivity contribution in [3.63, 3.8) is 0 Å². The SMILES string of the molecule is [c]1cc(-c2ccc[c]n2)nc(-c2ccc[c]n2)c1. The topological polar surface area (TPSA) is 38.7 Å². The maximum absolute atomic E-state index is 4.52. The van der Waals surface area contributed by atoms with Gasteiger partial charge in [0.2, 0.25) is 0 Å². The van der Waals surface area contributed by atoms with E-state index in [4.69, 9.17) is 0 Å². The Bertz CT molecular complexity index is 581. The summed E-state index contributed by atoms with van der Waals surface area (Å²) in [6.07, 6.45) is 5.59. The number of hydrogen-bond donors (Lipinski definition) is 0. The van der Waals surface area contributed by atoms with Crippen molar-refractivity contribution in [3.05, 3.63) is 67.0 Å². The minimum atomic E-state index is 0.759. The van der Waals surface area contributed by atoms with E-state index in [9.17, 15) is 0 Å². The molecular weight excluding hydrogens is 222 g/mol. The first-order chi connectivity index (χ1) is 8.93. The van der Waals surface area contributed by atoms with E-state index in [1.807, 2.05) is 24.3 Å². The fourth-order valence-corrected chi connectivity index (χ4v) is 1.59. The third-order valence-corrected chi connectivity index (χ3v) is 2.43. The van der Waals surface area contributed by atoms with E-state index >= 15 is 0 Å². The van der Waals surface area contributed by atoms with E-state index in [2.05, 4.69) is 33.4 Å². The van der Waals surface area contributed by atoms with E-state index in [-0.39, 0.29) is 0 Å². The van der Waals surface area contributed by atoms with Crippen LogP contribution in [0.5, 0.6) is 0 Å². The van der Waals surface area contributed by atoms with Gasteiger partial charge < -0.3 is 0 Å². The molecule has 0 atom stereocenters. The molecule has 83 valence electrons. The van der Waals surface area contributed by atoms with Crippen molar-refractivity contribution in [2.24, 2.45) is 0 Å². The Morgan fingerprint density at radius 2 is 1.28 bits per heavy atom. The molecule has 3 rings (SSSR count). The molecule has 3 radical (unpaired) electrons. The van der Waals surface area contributed by atoms with Crippen molar-refractivity contribution in [1.29, 1.82) is 0 Å². The summed E-state index contributed by atoms with van der Waals surface area (Å²) in [5.74, 6) is 0. The Morgan fingerprint density at radius 3 is 1.72 bits per heavy atom. The van der Waals surface area contributed by atoms with Crippen LogP contribution in [0.1, 0.15) is 0 Å². The normalized spacial score (nSPS) is 10.2. The third-order valence-electron chi connectivity index (χ3n) is 2.43. The average Bonchev–Trinajstić information content (AvgIpc) is 2.49. The highest BCUT2D eigenvalue weighted by Crippen LogP contribution is 2.18. The fourth-order valence-electron chi connectivity index (χ4n) is 1.59. The summed E-state index contributed by atoms with van der Waals surface area (Å²) in [5.41, 5.74) is 3.07. The number of rotatable bonds is 2. The van der Waals surface area contributed by atoms with E-state index in [0.717, 1.165) is 22.8 Å². The molecule has 18 heavy (non-hydrogen) atoms. The van der Waals surface area contributed by atoms with Crippen molar-refractivity contribution >= 4 is 0 Å². The van der Waals surface area contributed by atoms with Crippen molar-refractivity contribution in [3.8, 4) is 22.8 Å². The largest absolute Gasteiger partial charge is 0.245 e. The van der Waals surface area contributed by atoms with Crippen LogP contribution >= 0.6 is 0 Å². The second-order valence-corrected chi connectivity index (χ2v) is 3.64. The van der Waals surface area contributed by atoms with Crippen LogP contribution in [0.4, 0.5) is 0 Å². The summed E-state index contributed by atoms with van der Waals surface area (Å²) in [7, 11) is 0. The summed E-state index contributed by atoms with van der Waals surface area (Å²) in [4.78, 5) is 12.8. The second kappa shape index (κ2) is 4.75. The zero-order valence-electron chi connectivity index (χ0n) is 9.46. The van der Waals surface area contributed by atoms with Gasteiger partial charge in [0.05, 0.1) is 35.2 Å². The maximum atomic E-state index is 4.52. The molecule has 0 spiro atoms. The number of aromatic nitrogens is 3. The Labute approximate surface area is 105 Å². The minimum absolute atomic E-state index is 0.759. The van der Waals surface area contributed by atoms with Crippen LogP contribution in [-0.2, 0) is 0 Å². The summed E-state index contributed by atoms with van der Waals surface area (Å²) in [5, 5.41) is 0. The van der Waals surface area contributed by atoms with Crippen LogP contribution in [0.3, 0.4) is 0 Å². The lowest BCUT2D eigenvalue weighted by molar-refractivity contribution is 1.21. The van der Waals surface area contributed by atoms with E-state index in [0.29, 0.717) is 0 Å². The standard InChI is InChI=1S/C15H8N3/c1-3-10-16-12(6-1)14-8-5-9-15(18-14)13-7-2-4-11-17-13/h1-4,6-9H. The molecule has 3 nitrogen and oxygen atoms in total. The highest BCUT2D eigenvalue weighted by Gasteiger charge is 2.04. The van der Waals surface area contributed by atoms with Gasteiger partial charge in [-0.05, 0) is 42.5 Å². The molecule has 3 heteroatoms. The average molecular weight is 230 g/mol. The summed E-state index contributed by atoms with van der Waals surface area (Å²) >= 11 is 0. The lowest BCUT2D eigenvalue weighted by atomic mass is 10.2. The maximum Gasteiger partial charge on any atom is 0.0900 e. The van der Waals surface area contributed by atoms with Crippen LogP contribution in [0.25, 0.3) is 22.8 Å². The molecular formula is C15H8N3. The molecule has 3 aromatic rings. The van der Waals surface area contributed by atoms with Gasteiger partial charge in [0, 0.05) is 0 Å². The van der Waals surface area contributed by atoms with Crippen molar-refractivity contribution < 1.29 is 0 Å². The van der Waals surface area contributed by atoms with Gasteiger partial charge in [0.1, 0.15) is 0 Å². The lowest BCUT2D eigenvalue weighted by Crippen LogP contribution is -1.91. The molecule has 0 bridgehead atoms. The number of pyridine rings is 3. The molecule has 0 saturated carbocycles. The quantitative estimate of drug-likeness (QED) is 0.679. The molecule has 0 aliphatic heterocycles. The van der Waals surface area contributed by atoms with Gasteiger partial charge in [-0.25, -0.2) is 15.0 Å². The molecule has 0 N–H and O–H groups in total. The van der Waals surface area contributed by atoms with Crippen LogP contribution in [0, 0.1) is 18.5 Å². The summed E-state index contributed by atoms with van der Waals surface area (Å²) in [6.45, 7) is 0. The molecule has 0 aliphatic carbocycles. The first-order valence-electron chi connectivity index (χ1n) is 5.48. The van der Waals surface area contributed by atoms with E-state index in [1.165, 1.54) is 0 Å². The molecule has 3 heterocycles. The van der Waals surface area contributed by atoms with Crippen LogP contribution in [-0.4, -0.2) is 15.0 Å². The monoisotopic (exact) mass is 230 g/mol. The minimum Gasteiger partial charge on any atom is -0.245 e.